The van der Waals surface area contributed by atoms with E-state index in [1.165, 1.54) is 4.90 Å². The average molecular weight is 348 g/mol. The van der Waals surface area contributed by atoms with E-state index in [1.54, 1.807) is 0 Å². The predicted octanol–water partition coefficient (Wildman–Crippen LogP) is -0.300. The van der Waals surface area contributed by atoms with E-state index >= 15 is 0 Å². The minimum absolute atomic E-state index is 0.0786. The van der Waals surface area contributed by atoms with E-state index in [0.29, 0.717) is 12.0 Å². The molecule has 1 aromatic carbocycles. The maximum Gasteiger partial charge on any atom is 0.333 e. The number of fused-ring (bicyclic) bond motifs is 1. The normalized spacial score (nSPS) is 28.6. The molecule has 3 unspecified atom stereocenters. The number of esters is 1. The minimum Gasteiger partial charge on any atom is -0.459 e. The molecule has 2 fully saturated rings. The first kappa shape index (κ1) is 16.4. The zero-order chi connectivity index (χ0) is 17.3. The Balaban J connectivity index is 1.73. The molecule has 1 N–H and O–H groups in total. The van der Waals surface area contributed by atoms with Crippen LogP contribution in [-0.2, 0) is 36.5 Å². The van der Waals surface area contributed by atoms with E-state index in [2.05, 4.69) is 11.9 Å². The number of rotatable bonds is 5. The summed E-state index contributed by atoms with van der Waals surface area (Å²) in [6, 6.07) is 7.33. The zero-order valence-corrected chi connectivity index (χ0v) is 13.5. The Labute approximate surface area is 141 Å². The first-order valence-corrected chi connectivity index (χ1v) is 8.70. The minimum atomic E-state index is -1.41. The molecule has 24 heavy (non-hydrogen) atoms. The van der Waals surface area contributed by atoms with Crippen LogP contribution in [0.25, 0.3) is 0 Å². The van der Waals surface area contributed by atoms with Gasteiger partial charge in [0.1, 0.15) is 18.0 Å². The molecule has 0 spiro atoms. The van der Waals surface area contributed by atoms with E-state index in [9.17, 15) is 18.6 Å². The second kappa shape index (κ2) is 6.56. The van der Waals surface area contributed by atoms with Crippen molar-refractivity contribution in [1.82, 2.24) is 10.2 Å². The molecule has 3 rings (SSSR count). The van der Waals surface area contributed by atoms with Crippen LogP contribution in [0.1, 0.15) is 5.56 Å². The molecule has 8 heteroatoms. The van der Waals surface area contributed by atoms with Crippen LogP contribution < -0.4 is 5.32 Å². The Morgan fingerprint density at radius 3 is 2.79 bits per heavy atom. The van der Waals surface area contributed by atoms with Crippen LogP contribution in [-0.4, -0.2) is 50.6 Å². The number of benzene rings is 1. The quantitative estimate of drug-likeness (QED) is 0.341. The topological polar surface area (TPSA) is 92.8 Å². The van der Waals surface area contributed by atoms with Crippen LogP contribution in [0.4, 0.5) is 0 Å². The SMILES string of the molecule is C=C1CS(=O)[C@H]2C(NC=O)C(=O)N2C1C(=O)OCc1ccccc1. The van der Waals surface area contributed by atoms with Crippen LogP contribution >= 0.6 is 0 Å². The summed E-state index contributed by atoms with van der Waals surface area (Å²) in [6.45, 7) is 3.85. The van der Waals surface area contributed by atoms with Crippen molar-refractivity contribution in [3.8, 4) is 0 Å². The van der Waals surface area contributed by atoms with Crippen LogP contribution in [0, 0.1) is 0 Å². The maximum absolute atomic E-state index is 12.4. The second-order valence-electron chi connectivity index (χ2n) is 5.58. The highest BCUT2D eigenvalue weighted by Gasteiger charge is 2.58. The molecule has 2 aliphatic rings. The Morgan fingerprint density at radius 2 is 2.12 bits per heavy atom. The molecule has 2 heterocycles. The highest BCUT2D eigenvalue weighted by Crippen LogP contribution is 2.34. The number of hydrogen-bond acceptors (Lipinski definition) is 5. The smallest absolute Gasteiger partial charge is 0.333 e. The van der Waals surface area contributed by atoms with E-state index < -0.39 is 40.1 Å². The highest BCUT2D eigenvalue weighted by molar-refractivity contribution is 7.86. The predicted molar refractivity (Wildman–Crippen MR) is 85.8 cm³/mol. The largest absolute Gasteiger partial charge is 0.459 e. The third-order valence-corrected chi connectivity index (χ3v) is 5.73. The van der Waals surface area contributed by atoms with Gasteiger partial charge in [-0.3, -0.25) is 13.8 Å². The Hall–Kier alpha value is -2.48. The Morgan fingerprint density at radius 1 is 1.42 bits per heavy atom. The van der Waals surface area contributed by atoms with Gasteiger partial charge in [-0.25, -0.2) is 4.79 Å². The van der Waals surface area contributed by atoms with Crippen molar-refractivity contribution in [2.45, 2.75) is 24.1 Å². The third-order valence-electron chi connectivity index (χ3n) is 4.04. The number of nitrogens with one attached hydrogen (secondary N) is 1. The molecule has 0 aromatic heterocycles. The summed E-state index contributed by atoms with van der Waals surface area (Å²) < 4.78 is 17.5. The maximum atomic E-state index is 12.4. The Kier molecular flexibility index (Phi) is 4.48. The molecule has 4 atom stereocenters. The molecule has 2 saturated heterocycles. The second-order valence-corrected chi connectivity index (χ2v) is 7.11. The number of β-lactam (4-membered cyclic amide) rings is 1. The lowest BCUT2D eigenvalue weighted by Gasteiger charge is -2.51. The molecule has 2 aliphatic heterocycles. The van der Waals surface area contributed by atoms with E-state index in [-0.39, 0.29) is 12.4 Å². The molecule has 126 valence electrons. The number of ether oxygens (including phenoxy) is 1. The third kappa shape index (κ3) is 2.73. The van der Waals surface area contributed by atoms with E-state index in [4.69, 9.17) is 4.74 Å². The van der Waals surface area contributed by atoms with Gasteiger partial charge in [-0.2, -0.15) is 0 Å². The fourth-order valence-electron chi connectivity index (χ4n) is 2.90. The van der Waals surface area contributed by atoms with Crippen molar-refractivity contribution in [3.63, 3.8) is 0 Å². The van der Waals surface area contributed by atoms with Crippen molar-refractivity contribution in [2.75, 3.05) is 5.75 Å². The summed E-state index contributed by atoms with van der Waals surface area (Å²) in [5.41, 5.74) is 1.20. The molecular formula is C16H16N2O5S. The van der Waals surface area contributed by atoms with Crippen LogP contribution in [0.15, 0.2) is 42.5 Å². The summed E-state index contributed by atoms with van der Waals surface area (Å²) in [5.74, 6) is -0.970. The summed E-state index contributed by atoms with van der Waals surface area (Å²) in [4.78, 5) is 36.4. The van der Waals surface area contributed by atoms with Gasteiger partial charge in [0.2, 0.25) is 12.3 Å². The van der Waals surface area contributed by atoms with Crippen molar-refractivity contribution in [2.24, 2.45) is 0 Å². The molecule has 0 saturated carbocycles. The summed E-state index contributed by atoms with van der Waals surface area (Å²) in [6.07, 6.45) is 0.392. The van der Waals surface area contributed by atoms with Gasteiger partial charge in [-0.15, -0.1) is 0 Å². The molecule has 7 nitrogen and oxygen atoms in total. The van der Waals surface area contributed by atoms with Crippen molar-refractivity contribution in [3.05, 3.63) is 48.0 Å². The highest BCUT2D eigenvalue weighted by atomic mass is 32.2. The lowest BCUT2D eigenvalue weighted by molar-refractivity contribution is -0.163. The van der Waals surface area contributed by atoms with Crippen molar-refractivity contribution < 1.29 is 23.3 Å². The van der Waals surface area contributed by atoms with Crippen molar-refractivity contribution >= 4 is 29.1 Å². The van der Waals surface area contributed by atoms with Crippen LogP contribution in [0.5, 0.6) is 0 Å². The van der Waals surface area contributed by atoms with Gasteiger partial charge in [0.05, 0.1) is 10.8 Å². The first-order chi connectivity index (χ1) is 11.5. The number of amides is 2. The standard InChI is InChI=1S/C16H16N2O5S/c1-10-8-24(22)15-12(17-9-19)14(20)18(15)13(10)16(21)23-7-11-5-3-2-4-6-11/h2-6,9,12-13,15H,1,7-8H2,(H,17,19)/t12?,13?,15-,24?/m0/s1. The van der Waals surface area contributed by atoms with Gasteiger partial charge in [-0.1, -0.05) is 36.9 Å². The number of carbonyl (C=O) groups excluding carboxylic acids is 3. The first-order valence-electron chi connectivity index (χ1n) is 7.32. The van der Waals surface area contributed by atoms with Gasteiger partial charge >= 0.3 is 5.97 Å². The zero-order valence-electron chi connectivity index (χ0n) is 12.7. The lowest BCUT2D eigenvalue weighted by Crippen LogP contribution is -2.77. The molecule has 0 aliphatic carbocycles. The summed E-state index contributed by atoms with van der Waals surface area (Å²) in [5, 5.41) is 1.63. The van der Waals surface area contributed by atoms with Gasteiger partial charge in [-0.05, 0) is 11.1 Å². The van der Waals surface area contributed by atoms with E-state index in [1.807, 2.05) is 30.3 Å². The number of nitrogens with zero attached hydrogens (tertiary/aromatic N) is 1. The average Bonchev–Trinajstić information content (AvgIpc) is 2.58. The number of hydrogen-bond donors (Lipinski definition) is 1. The molecule has 0 bridgehead atoms. The summed E-state index contributed by atoms with van der Waals surface area (Å²) >= 11 is 0. The van der Waals surface area contributed by atoms with Gasteiger partial charge in [0.25, 0.3) is 0 Å². The Bertz CT molecular complexity index is 720. The van der Waals surface area contributed by atoms with Crippen LogP contribution in [0.3, 0.4) is 0 Å². The monoisotopic (exact) mass is 348 g/mol. The summed E-state index contributed by atoms with van der Waals surface area (Å²) in [7, 11) is -1.41. The molecule has 0 radical (unpaired) electrons. The van der Waals surface area contributed by atoms with Crippen molar-refractivity contribution in [1.29, 1.82) is 0 Å². The van der Waals surface area contributed by atoms with Crippen LogP contribution in [0.2, 0.25) is 0 Å². The lowest BCUT2D eigenvalue weighted by atomic mass is 9.99. The van der Waals surface area contributed by atoms with Gasteiger partial charge in [0, 0.05) is 5.75 Å². The molecule has 2 amide bonds. The van der Waals surface area contributed by atoms with Gasteiger partial charge in [0.15, 0.2) is 6.04 Å². The number of carbonyl (C=O) groups is 3. The van der Waals surface area contributed by atoms with Gasteiger partial charge < -0.3 is 15.0 Å². The molecular weight excluding hydrogens is 332 g/mol. The molecule has 1 aromatic rings. The fourth-order valence-corrected chi connectivity index (χ4v) is 4.57. The van der Waals surface area contributed by atoms with E-state index in [0.717, 1.165) is 5.56 Å². The fraction of sp³-hybridized carbons (Fsp3) is 0.312.